The average Bonchev–Trinajstić information content (AvgIpc) is 2.66. The number of unbranched alkanes of at least 4 members (excludes halogenated alkanes) is 6. The smallest absolute Gasteiger partial charge is 0.213 e. The molecule has 1 aromatic carbocycles. The van der Waals surface area contributed by atoms with Crippen LogP contribution in [0.2, 0.25) is 0 Å². The minimum atomic E-state index is -0.353. The van der Waals surface area contributed by atoms with Crippen LogP contribution in [-0.2, 0) is 0 Å². The van der Waals surface area contributed by atoms with Gasteiger partial charge in [-0.25, -0.2) is 0 Å². The van der Waals surface area contributed by atoms with E-state index in [0.717, 1.165) is 19.3 Å². The average molecular weight is 359 g/mol. The SMILES string of the molecule is CCCCCCCCCC1=C(N)C(=O)c2c(OC)ccc(OC)c2C1=O. The molecule has 0 heterocycles. The maximum absolute atomic E-state index is 13.0. The van der Waals surface area contributed by atoms with E-state index in [4.69, 9.17) is 15.2 Å². The zero-order valence-corrected chi connectivity index (χ0v) is 16.0. The molecule has 0 aliphatic heterocycles. The van der Waals surface area contributed by atoms with Gasteiger partial charge in [0.2, 0.25) is 5.78 Å². The van der Waals surface area contributed by atoms with Gasteiger partial charge in [0.25, 0.3) is 0 Å². The van der Waals surface area contributed by atoms with Gasteiger partial charge in [-0.05, 0) is 25.0 Å². The van der Waals surface area contributed by atoms with Gasteiger partial charge in [-0.3, -0.25) is 9.59 Å². The maximum atomic E-state index is 13.0. The number of rotatable bonds is 10. The number of carbonyl (C=O) groups excluding carboxylic acids is 2. The van der Waals surface area contributed by atoms with E-state index in [2.05, 4.69) is 6.92 Å². The molecule has 0 unspecified atom stereocenters. The van der Waals surface area contributed by atoms with Crippen molar-refractivity contribution in [3.8, 4) is 11.5 Å². The molecule has 2 N–H and O–H groups in total. The minimum absolute atomic E-state index is 0.0417. The molecule has 0 fully saturated rings. The molecule has 1 aliphatic carbocycles. The zero-order chi connectivity index (χ0) is 19.1. The van der Waals surface area contributed by atoms with Crippen molar-refractivity contribution in [3.63, 3.8) is 0 Å². The molecular weight excluding hydrogens is 330 g/mol. The van der Waals surface area contributed by atoms with Crippen LogP contribution >= 0.6 is 0 Å². The standard InChI is InChI=1S/C21H29NO4/c1-4-5-6-7-8-9-10-11-14-19(22)21(24)18-16(26-3)13-12-15(25-2)17(18)20(14)23/h12-13H,4-11,22H2,1-3H3. The Labute approximate surface area is 155 Å². The largest absolute Gasteiger partial charge is 0.496 e. The molecule has 0 atom stereocenters. The molecule has 5 nitrogen and oxygen atoms in total. The monoisotopic (exact) mass is 359 g/mol. The van der Waals surface area contributed by atoms with E-state index in [9.17, 15) is 9.59 Å². The molecule has 2 rings (SSSR count). The van der Waals surface area contributed by atoms with Crippen molar-refractivity contribution < 1.29 is 19.1 Å². The lowest BCUT2D eigenvalue weighted by Crippen LogP contribution is -2.27. The summed E-state index contributed by atoms with van der Waals surface area (Å²) in [7, 11) is 2.95. The van der Waals surface area contributed by atoms with Crippen LogP contribution in [0.1, 0.15) is 79.0 Å². The highest BCUT2D eigenvalue weighted by molar-refractivity contribution is 6.28. The van der Waals surface area contributed by atoms with Crippen LogP contribution in [-0.4, -0.2) is 25.8 Å². The van der Waals surface area contributed by atoms with Crippen molar-refractivity contribution in [1.29, 1.82) is 0 Å². The Bertz CT molecular complexity index is 706. The third-order valence-corrected chi connectivity index (χ3v) is 4.90. The normalized spacial score (nSPS) is 13.8. The summed E-state index contributed by atoms with van der Waals surface area (Å²) in [5.74, 6) is 0.146. The summed E-state index contributed by atoms with van der Waals surface area (Å²) in [5.41, 5.74) is 6.96. The van der Waals surface area contributed by atoms with E-state index in [1.807, 2.05) is 0 Å². The van der Waals surface area contributed by atoms with Gasteiger partial charge in [-0.2, -0.15) is 0 Å². The van der Waals surface area contributed by atoms with Crippen LogP contribution in [0.5, 0.6) is 11.5 Å². The molecule has 0 saturated carbocycles. The summed E-state index contributed by atoms with van der Waals surface area (Å²) in [5, 5.41) is 0. The second kappa shape index (κ2) is 9.41. The van der Waals surface area contributed by atoms with Gasteiger partial charge in [-0.1, -0.05) is 45.4 Å². The Morgan fingerprint density at radius 3 is 1.85 bits per heavy atom. The van der Waals surface area contributed by atoms with E-state index in [-0.39, 0.29) is 28.4 Å². The molecule has 0 bridgehead atoms. The fourth-order valence-electron chi connectivity index (χ4n) is 3.41. The molecule has 1 aromatic rings. The van der Waals surface area contributed by atoms with E-state index >= 15 is 0 Å². The fraction of sp³-hybridized carbons (Fsp3) is 0.524. The Kier molecular flexibility index (Phi) is 7.25. The van der Waals surface area contributed by atoms with Crippen molar-refractivity contribution in [3.05, 3.63) is 34.5 Å². The molecule has 0 spiro atoms. The Balaban J connectivity index is 2.15. The van der Waals surface area contributed by atoms with Gasteiger partial charge in [0.05, 0.1) is 31.0 Å². The van der Waals surface area contributed by atoms with Crippen LogP contribution in [0, 0.1) is 0 Å². The first kappa shape index (κ1) is 20.0. The van der Waals surface area contributed by atoms with Crippen molar-refractivity contribution >= 4 is 11.6 Å². The number of benzene rings is 1. The van der Waals surface area contributed by atoms with Gasteiger partial charge >= 0.3 is 0 Å². The molecule has 0 aromatic heterocycles. The molecule has 0 saturated heterocycles. The third kappa shape index (κ3) is 4.09. The number of allylic oxidation sites excluding steroid dienone is 2. The first-order valence-corrected chi connectivity index (χ1v) is 9.39. The van der Waals surface area contributed by atoms with Crippen molar-refractivity contribution in [1.82, 2.24) is 0 Å². The Morgan fingerprint density at radius 2 is 1.31 bits per heavy atom. The lowest BCUT2D eigenvalue weighted by atomic mass is 9.84. The lowest BCUT2D eigenvalue weighted by Gasteiger charge is -2.22. The van der Waals surface area contributed by atoms with Crippen LogP contribution < -0.4 is 15.2 Å². The summed E-state index contributed by atoms with van der Waals surface area (Å²) in [6.07, 6.45) is 8.50. The lowest BCUT2D eigenvalue weighted by molar-refractivity contribution is 0.0965. The summed E-state index contributed by atoms with van der Waals surface area (Å²) in [6, 6.07) is 3.27. The highest BCUT2D eigenvalue weighted by atomic mass is 16.5. The summed E-state index contributed by atoms with van der Waals surface area (Å²) in [6.45, 7) is 2.20. The van der Waals surface area contributed by atoms with Crippen molar-refractivity contribution in [2.45, 2.75) is 58.3 Å². The van der Waals surface area contributed by atoms with Gasteiger partial charge in [0, 0.05) is 5.57 Å². The fourth-order valence-corrected chi connectivity index (χ4v) is 3.41. The van der Waals surface area contributed by atoms with Crippen LogP contribution in [0.25, 0.3) is 0 Å². The number of Topliss-reactive ketones (excluding diaryl/α,β-unsaturated/α-hetero) is 2. The number of ketones is 2. The molecule has 0 radical (unpaired) electrons. The molecule has 142 valence electrons. The molecule has 5 heteroatoms. The van der Waals surface area contributed by atoms with Gasteiger partial charge in [-0.15, -0.1) is 0 Å². The second-order valence-electron chi connectivity index (χ2n) is 6.64. The number of hydrogen-bond donors (Lipinski definition) is 1. The number of hydrogen-bond acceptors (Lipinski definition) is 5. The zero-order valence-electron chi connectivity index (χ0n) is 16.0. The van der Waals surface area contributed by atoms with Gasteiger partial charge in [0.15, 0.2) is 5.78 Å². The summed E-state index contributed by atoms with van der Waals surface area (Å²) >= 11 is 0. The number of methoxy groups -OCH3 is 2. The Morgan fingerprint density at radius 1 is 0.808 bits per heavy atom. The van der Waals surface area contributed by atoms with E-state index in [1.165, 1.54) is 39.9 Å². The van der Waals surface area contributed by atoms with Crippen molar-refractivity contribution in [2.24, 2.45) is 5.73 Å². The number of carbonyl (C=O) groups is 2. The van der Waals surface area contributed by atoms with Crippen LogP contribution in [0.4, 0.5) is 0 Å². The number of fused-ring (bicyclic) bond motifs is 1. The topological polar surface area (TPSA) is 78.6 Å². The molecule has 26 heavy (non-hydrogen) atoms. The predicted molar refractivity (Wildman–Crippen MR) is 102 cm³/mol. The molecular formula is C21H29NO4. The second-order valence-corrected chi connectivity index (χ2v) is 6.64. The summed E-state index contributed by atoms with van der Waals surface area (Å²) < 4.78 is 10.6. The predicted octanol–water partition coefficient (Wildman–Crippen LogP) is 4.44. The Hall–Kier alpha value is -2.30. The van der Waals surface area contributed by atoms with E-state index < -0.39 is 0 Å². The quantitative estimate of drug-likeness (QED) is 0.625. The highest BCUT2D eigenvalue weighted by Crippen LogP contribution is 2.38. The molecule has 0 amide bonds. The first-order valence-electron chi connectivity index (χ1n) is 9.39. The maximum Gasteiger partial charge on any atom is 0.213 e. The van der Waals surface area contributed by atoms with Crippen LogP contribution in [0.3, 0.4) is 0 Å². The molecule has 1 aliphatic rings. The number of nitrogens with two attached hydrogens (primary N) is 1. The van der Waals surface area contributed by atoms with Crippen LogP contribution in [0.15, 0.2) is 23.4 Å². The van der Waals surface area contributed by atoms with Gasteiger partial charge < -0.3 is 15.2 Å². The van der Waals surface area contributed by atoms with E-state index in [0.29, 0.717) is 23.5 Å². The van der Waals surface area contributed by atoms with Crippen molar-refractivity contribution in [2.75, 3.05) is 14.2 Å². The summed E-state index contributed by atoms with van der Waals surface area (Å²) in [4.78, 5) is 25.8. The minimum Gasteiger partial charge on any atom is -0.496 e. The number of ether oxygens (including phenoxy) is 2. The van der Waals surface area contributed by atoms with Gasteiger partial charge in [0.1, 0.15) is 11.5 Å². The highest BCUT2D eigenvalue weighted by Gasteiger charge is 2.35. The first-order chi connectivity index (χ1) is 12.6. The van der Waals surface area contributed by atoms with E-state index in [1.54, 1.807) is 12.1 Å². The third-order valence-electron chi connectivity index (χ3n) is 4.90.